The average molecular weight is 502 g/mol. The van der Waals surface area contributed by atoms with Crippen LogP contribution >= 0.6 is 0 Å². The van der Waals surface area contributed by atoms with Crippen molar-refractivity contribution in [3.8, 4) is 0 Å². The fourth-order valence-electron chi connectivity index (χ4n) is 2.37. The number of hydrogen-bond acceptors (Lipinski definition) is 4. The molecule has 7 heteroatoms. The molecule has 1 amide bonds. The normalized spacial score (nSPS) is 19.4. The molecule has 2 aliphatic carbocycles. The van der Waals surface area contributed by atoms with E-state index < -0.39 is 20.0 Å². The maximum absolute atomic E-state index is 11.6. The van der Waals surface area contributed by atoms with Crippen LogP contribution in [0.5, 0.6) is 0 Å². The standard InChI is InChI=1S/C14H23OSi.C11H16NO3.Fe/c1-14(2,3)16(4,5)15-12-8-11-13-9-6-7-10-13;1-11(2,15)9(7-13)12-10(14)8-5-3-4-6-8;/h6-11H,12H2,1-5H3;3-6,9,13,15H,7H2,1-2H3,(H,12,14);/q;;+2/b11-8+;;/t;9-;/m.0./s1. The molecule has 1 atom stereocenters. The van der Waals surface area contributed by atoms with Gasteiger partial charge in [-0.1, -0.05) is 32.9 Å². The summed E-state index contributed by atoms with van der Waals surface area (Å²) >= 11 is 0. The predicted molar refractivity (Wildman–Crippen MR) is 128 cm³/mol. The van der Waals surface area contributed by atoms with E-state index >= 15 is 0 Å². The zero-order valence-electron chi connectivity index (χ0n) is 20.3. The Hall–Kier alpha value is -0.174. The molecule has 0 aromatic heterocycles. The summed E-state index contributed by atoms with van der Waals surface area (Å²) in [6, 6.07) is -0.667. The molecule has 5 nitrogen and oxygen atoms in total. The van der Waals surface area contributed by atoms with Crippen molar-refractivity contribution >= 4 is 14.2 Å². The molecule has 32 heavy (non-hydrogen) atoms. The Kier molecular flexibility index (Phi) is 14.2. The van der Waals surface area contributed by atoms with Gasteiger partial charge < -0.3 is 20.0 Å². The van der Waals surface area contributed by atoms with Crippen molar-refractivity contribution in [2.45, 2.75) is 64.4 Å². The second-order valence-corrected chi connectivity index (χ2v) is 14.5. The van der Waals surface area contributed by atoms with Crippen LogP contribution in [0.15, 0.2) is 12.2 Å². The smallest absolute Gasteiger partial charge is 0.413 e. The van der Waals surface area contributed by atoms with Gasteiger partial charge in [-0.05, 0) is 83.3 Å². The van der Waals surface area contributed by atoms with E-state index in [9.17, 15) is 9.90 Å². The summed E-state index contributed by atoms with van der Waals surface area (Å²) in [6.45, 7) is 14.9. The number of allylic oxidation sites excluding steroid dienone is 1. The first-order chi connectivity index (χ1) is 14.3. The van der Waals surface area contributed by atoms with Gasteiger partial charge in [0, 0.05) is 5.92 Å². The van der Waals surface area contributed by atoms with E-state index in [2.05, 4.69) is 64.2 Å². The molecule has 0 aromatic carbocycles. The molecule has 2 rings (SSSR count). The molecule has 10 radical (unpaired) electrons. The van der Waals surface area contributed by atoms with Gasteiger partial charge in [0.1, 0.15) is 0 Å². The van der Waals surface area contributed by atoms with Gasteiger partial charge in [0.15, 0.2) is 8.32 Å². The Morgan fingerprint density at radius 1 is 1.06 bits per heavy atom. The molecule has 0 heterocycles. The van der Waals surface area contributed by atoms with Crippen LogP contribution < -0.4 is 5.32 Å². The fourth-order valence-corrected chi connectivity index (χ4v) is 3.32. The minimum atomic E-state index is -1.58. The maximum atomic E-state index is 11.6. The zero-order chi connectivity index (χ0) is 23.7. The van der Waals surface area contributed by atoms with E-state index in [1.165, 1.54) is 5.92 Å². The summed E-state index contributed by atoms with van der Waals surface area (Å²) < 4.78 is 6.04. The summed E-state index contributed by atoms with van der Waals surface area (Å²) in [5.74, 6) is 1.48. The molecular formula is C25H39FeNO4Si+2. The van der Waals surface area contributed by atoms with Crippen LogP contribution in [0.25, 0.3) is 0 Å². The number of aliphatic hydroxyl groups excluding tert-OH is 1. The average Bonchev–Trinajstić information content (AvgIpc) is 3.35. The van der Waals surface area contributed by atoms with Crippen LogP contribution in [0.4, 0.5) is 0 Å². The number of nitrogens with one attached hydrogen (secondary N) is 1. The Bertz CT molecular complexity index is 557. The largest absolute Gasteiger partial charge is 2.00 e. The summed E-state index contributed by atoms with van der Waals surface area (Å²) in [5.41, 5.74) is -1.14. The molecule has 0 unspecified atom stereocenters. The Labute approximate surface area is 208 Å². The van der Waals surface area contributed by atoms with Crippen LogP contribution in [0.1, 0.15) is 34.6 Å². The van der Waals surface area contributed by atoms with Crippen molar-refractivity contribution in [2.24, 2.45) is 0 Å². The first kappa shape index (κ1) is 31.8. The molecule has 2 saturated carbocycles. The van der Waals surface area contributed by atoms with Crippen molar-refractivity contribution in [3.63, 3.8) is 0 Å². The van der Waals surface area contributed by atoms with E-state index in [1.807, 2.05) is 12.8 Å². The van der Waals surface area contributed by atoms with Gasteiger partial charge in [-0.3, -0.25) is 4.79 Å². The van der Waals surface area contributed by atoms with Crippen molar-refractivity contribution < 1.29 is 36.5 Å². The summed E-state index contributed by atoms with van der Waals surface area (Å²) in [7, 11) is -1.58. The molecule has 2 aliphatic rings. The predicted octanol–water partition coefficient (Wildman–Crippen LogP) is 3.61. The second-order valence-electron chi connectivity index (χ2n) is 9.73. The first-order valence-electron chi connectivity index (χ1n) is 10.7. The number of carbonyl (C=O) groups is 1. The van der Waals surface area contributed by atoms with E-state index in [0.717, 1.165) is 6.61 Å². The molecule has 0 aromatic rings. The van der Waals surface area contributed by atoms with Gasteiger partial charge in [-0.2, -0.15) is 0 Å². The van der Waals surface area contributed by atoms with E-state index in [0.29, 0.717) is 11.0 Å². The van der Waals surface area contributed by atoms with Crippen molar-refractivity contribution in [1.82, 2.24) is 5.32 Å². The van der Waals surface area contributed by atoms with Crippen LogP contribution in [-0.4, -0.2) is 49.3 Å². The van der Waals surface area contributed by atoms with Crippen LogP contribution in [0, 0.1) is 63.2 Å². The molecule has 178 valence electrons. The Morgan fingerprint density at radius 3 is 2.00 bits per heavy atom. The van der Waals surface area contributed by atoms with Crippen molar-refractivity contribution in [1.29, 1.82) is 0 Å². The van der Waals surface area contributed by atoms with E-state index in [1.54, 1.807) is 39.5 Å². The third kappa shape index (κ3) is 11.3. The number of carbonyl (C=O) groups excluding carboxylic acids is 1. The fraction of sp³-hybridized carbons (Fsp3) is 0.480. The van der Waals surface area contributed by atoms with E-state index in [-0.39, 0.29) is 29.6 Å². The Morgan fingerprint density at radius 2 is 1.56 bits per heavy atom. The molecule has 0 bridgehead atoms. The number of aliphatic hydroxyl groups is 2. The minimum Gasteiger partial charge on any atom is -0.413 e. The summed E-state index contributed by atoms with van der Waals surface area (Å²) in [4.78, 5) is 11.6. The summed E-state index contributed by atoms with van der Waals surface area (Å²) in [5, 5.41) is 21.5. The maximum Gasteiger partial charge on any atom is 2.00 e. The van der Waals surface area contributed by atoms with Gasteiger partial charge in [-0.15, -0.1) is 0 Å². The van der Waals surface area contributed by atoms with Gasteiger partial charge in [0.2, 0.25) is 5.91 Å². The SMILES string of the molecule is CC(C)(C)[Si](C)(C)OC/C=C/[C]1[CH][CH][CH][CH]1.CC(C)(O)[C@H](CO)NC(=O)[C]1[CH][CH][CH][CH]1.[Fe+2]. The van der Waals surface area contributed by atoms with Gasteiger partial charge in [0.25, 0.3) is 0 Å². The molecule has 3 N–H and O–H groups in total. The van der Waals surface area contributed by atoms with Crippen molar-refractivity contribution in [2.75, 3.05) is 13.2 Å². The monoisotopic (exact) mass is 501 g/mol. The number of hydrogen-bond donors (Lipinski definition) is 3. The number of rotatable bonds is 8. The summed E-state index contributed by atoms with van der Waals surface area (Å²) in [6.07, 6.45) is 19.4. The van der Waals surface area contributed by atoms with Crippen LogP contribution in [0.3, 0.4) is 0 Å². The van der Waals surface area contributed by atoms with Crippen LogP contribution in [0.2, 0.25) is 18.1 Å². The topological polar surface area (TPSA) is 78.8 Å². The molecular weight excluding hydrogens is 462 g/mol. The van der Waals surface area contributed by atoms with E-state index in [4.69, 9.17) is 9.53 Å². The number of amides is 1. The van der Waals surface area contributed by atoms with Crippen molar-refractivity contribution in [3.05, 3.63) is 75.4 Å². The first-order valence-corrected chi connectivity index (χ1v) is 13.6. The molecule has 0 aliphatic heterocycles. The second kappa shape index (κ2) is 14.3. The van der Waals surface area contributed by atoms with Gasteiger partial charge in [-0.25, -0.2) is 0 Å². The molecule has 2 fully saturated rings. The minimum absolute atomic E-state index is 0. The quantitative estimate of drug-likeness (QED) is 0.444. The third-order valence-electron chi connectivity index (χ3n) is 5.61. The zero-order valence-corrected chi connectivity index (χ0v) is 22.4. The third-order valence-corrected chi connectivity index (χ3v) is 10.1. The van der Waals surface area contributed by atoms with Gasteiger partial charge >= 0.3 is 17.1 Å². The Balaban J connectivity index is 0.000000584. The van der Waals surface area contributed by atoms with Gasteiger partial charge in [0.05, 0.1) is 30.8 Å². The van der Waals surface area contributed by atoms with Crippen LogP contribution in [-0.2, 0) is 26.3 Å². The molecule has 0 spiro atoms. The molecule has 0 saturated heterocycles.